The number of benzene rings is 1. The fourth-order valence-electron chi connectivity index (χ4n) is 2.22. The molecule has 0 atom stereocenters. The van der Waals surface area contributed by atoms with Crippen molar-refractivity contribution >= 4 is 29.5 Å². The van der Waals surface area contributed by atoms with Gasteiger partial charge in [0.15, 0.2) is 0 Å². The van der Waals surface area contributed by atoms with Crippen LogP contribution in [0.25, 0.3) is 12.2 Å². The van der Waals surface area contributed by atoms with Gasteiger partial charge in [-0.15, -0.1) is 11.3 Å². The summed E-state index contributed by atoms with van der Waals surface area (Å²) in [6.45, 7) is 3.87. The number of hydrogen-bond acceptors (Lipinski definition) is 5. The topological polar surface area (TPSA) is 79.7 Å². The van der Waals surface area contributed by atoms with Crippen molar-refractivity contribution in [2.75, 3.05) is 7.11 Å². The summed E-state index contributed by atoms with van der Waals surface area (Å²) >= 11 is 1.44. The van der Waals surface area contributed by atoms with E-state index >= 15 is 0 Å². The van der Waals surface area contributed by atoms with Crippen molar-refractivity contribution in [2.45, 2.75) is 20.3 Å². The van der Waals surface area contributed by atoms with Crippen molar-refractivity contribution in [2.24, 2.45) is 0 Å². The summed E-state index contributed by atoms with van der Waals surface area (Å²) in [4.78, 5) is 15.8. The van der Waals surface area contributed by atoms with Crippen LogP contribution in [-0.4, -0.2) is 28.3 Å². The lowest BCUT2D eigenvalue weighted by Gasteiger charge is -2.14. The van der Waals surface area contributed by atoms with E-state index in [0.29, 0.717) is 23.3 Å². The van der Waals surface area contributed by atoms with Crippen LogP contribution >= 0.6 is 11.3 Å². The van der Waals surface area contributed by atoms with Crippen molar-refractivity contribution in [1.29, 1.82) is 0 Å². The van der Waals surface area contributed by atoms with E-state index in [1.165, 1.54) is 18.4 Å². The molecule has 0 aliphatic heterocycles. The normalized spacial score (nSPS) is 10.8. The molecule has 1 aromatic heterocycles. The molecule has 6 heteroatoms. The number of carboxylic acid groups (broad SMARTS) is 1. The number of aromatic carboxylic acids is 1. The van der Waals surface area contributed by atoms with Crippen molar-refractivity contribution in [3.63, 3.8) is 0 Å². The Kier molecular flexibility index (Phi) is 5.76. The van der Waals surface area contributed by atoms with Gasteiger partial charge in [0.05, 0.1) is 7.11 Å². The van der Waals surface area contributed by atoms with Crippen molar-refractivity contribution in [1.82, 2.24) is 4.98 Å². The van der Waals surface area contributed by atoms with Crippen LogP contribution in [0.3, 0.4) is 0 Å². The number of allylic oxidation sites excluding steroid dienone is 2. The summed E-state index contributed by atoms with van der Waals surface area (Å²) < 4.78 is 5.34. The summed E-state index contributed by atoms with van der Waals surface area (Å²) in [5, 5.41) is 22.6. The van der Waals surface area contributed by atoms with Crippen molar-refractivity contribution in [3.8, 4) is 11.5 Å². The van der Waals surface area contributed by atoms with Crippen LogP contribution in [-0.2, 0) is 6.42 Å². The second kappa shape index (κ2) is 7.79. The first-order valence-corrected chi connectivity index (χ1v) is 8.19. The molecule has 0 bridgehead atoms. The predicted molar refractivity (Wildman–Crippen MR) is 95.8 cm³/mol. The zero-order chi connectivity index (χ0) is 17.7. The standard InChI is InChI=1S/C18H19NO4S/c1-11(2)4-6-13-14(23-3)10-12(16(17(13)20)18(21)22)5-7-15-19-8-9-24-15/h4-5,7-10,20H,6H2,1-3H3,(H,21,22)/b7-5-. The van der Waals surface area contributed by atoms with Gasteiger partial charge in [0.2, 0.25) is 0 Å². The Morgan fingerprint density at radius 2 is 2.12 bits per heavy atom. The lowest BCUT2D eigenvalue weighted by Crippen LogP contribution is -2.04. The Labute approximate surface area is 144 Å². The number of hydrogen-bond donors (Lipinski definition) is 2. The van der Waals surface area contributed by atoms with E-state index in [9.17, 15) is 15.0 Å². The van der Waals surface area contributed by atoms with Crippen LogP contribution < -0.4 is 4.74 Å². The maximum absolute atomic E-state index is 11.6. The van der Waals surface area contributed by atoms with Crippen LogP contribution in [0.15, 0.2) is 29.3 Å². The van der Waals surface area contributed by atoms with Gasteiger partial charge in [-0.2, -0.15) is 0 Å². The molecule has 1 heterocycles. The highest BCUT2D eigenvalue weighted by Crippen LogP contribution is 2.36. The summed E-state index contributed by atoms with van der Waals surface area (Å²) in [6, 6.07) is 1.63. The number of phenols is 1. The second-order valence-electron chi connectivity index (χ2n) is 5.36. The number of aromatic nitrogens is 1. The van der Waals surface area contributed by atoms with E-state index in [1.807, 2.05) is 25.3 Å². The third kappa shape index (κ3) is 4.02. The molecule has 0 fully saturated rings. The van der Waals surface area contributed by atoms with E-state index in [4.69, 9.17) is 4.74 Å². The highest BCUT2D eigenvalue weighted by molar-refractivity contribution is 7.10. The molecular weight excluding hydrogens is 326 g/mol. The molecule has 1 aromatic carbocycles. The Hall–Kier alpha value is -2.60. The fourth-order valence-corrected chi connectivity index (χ4v) is 2.75. The molecule has 5 nitrogen and oxygen atoms in total. The molecule has 24 heavy (non-hydrogen) atoms. The van der Waals surface area contributed by atoms with Gasteiger partial charge >= 0.3 is 5.97 Å². The molecule has 2 N–H and O–H groups in total. The van der Waals surface area contributed by atoms with Gasteiger partial charge in [0.1, 0.15) is 22.1 Å². The monoisotopic (exact) mass is 345 g/mol. The molecule has 0 radical (unpaired) electrons. The second-order valence-corrected chi connectivity index (χ2v) is 6.29. The molecule has 2 aromatic rings. The molecular formula is C18H19NO4S. The minimum absolute atomic E-state index is 0.138. The van der Waals surface area contributed by atoms with E-state index in [1.54, 1.807) is 24.4 Å². The number of carbonyl (C=O) groups is 1. The molecule has 0 saturated heterocycles. The van der Waals surface area contributed by atoms with Crippen molar-refractivity contribution in [3.05, 3.63) is 51.0 Å². The number of methoxy groups -OCH3 is 1. The lowest BCUT2D eigenvalue weighted by molar-refractivity contribution is 0.0693. The zero-order valence-corrected chi connectivity index (χ0v) is 14.6. The first kappa shape index (κ1) is 17.7. The molecule has 0 amide bonds. The number of thiazole rings is 1. The zero-order valence-electron chi connectivity index (χ0n) is 13.7. The maximum atomic E-state index is 11.6. The van der Waals surface area contributed by atoms with Gasteiger partial charge < -0.3 is 14.9 Å². The maximum Gasteiger partial charge on any atom is 0.340 e. The van der Waals surface area contributed by atoms with Crippen LogP contribution in [0.2, 0.25) is 0 Å². The average molecular weight is 345 g/mol. The molecule has 0 unspecified atom stereocenters. The predicted octanol–water partition coefficient (Wildman–Crippen LogP) is 4.23. The SMILES string of the molecule is COc1cc(/C=C\c2nccs2)c(C(=O)O)c(O)c1CC=C(C)C. The number of nitrogens with zero attached hydrogens (tertiary/aromatic N) is 1. The molecule has 2 rings (SSSR count). The van der Waals surface area contributed by atoms with Crippen LogP contribution in [0, 0.1) is 0 Å². The summed E-state index contributed by atoms with van der Waals surface area (Å²) in [7, 11) is 1.50. The van der Waals surface area contributed by atoms with Crippen molar-refractivity contribution < 1.29 is 19.7 Å². The average Bonchev–Trinajstić information content (AvgIpc) is 3.03. The van der Waals surface area contributed by atoms with Gasteiger partial charge in [0, 0.05) is 17.1 Å². The summed E-state index contributed by atoms with van der Waals surface area (Å²) in [5.41, 5.74) is 1.76. The first-order valence-electron chi connectivity index (χ1n) is 7.31. The minimum atomic E-state index is -1.19. The van der Waals surface area contributed by atoms with Crippen LogP contribution in [0.1, 0.15) is 40.3 Å². The first-order chi connectivity index (χ1) is 11.4. The van der Waals surface area contributed by atoms with Gasteiger partial charge in [-0.1, -0.05) is 17.7 Å². The van der Waals surface area contributed by atoms with Gasteiger partial charge in [-0.3, -0.25) is 0 Å². The summed E-state index contributed by atoms with van der Waals surface area (Å²) in [5.74, 6) is -1.00. The Balaban J connectivity index is 2.56. The summed E-state index contributed by atoms with van der Waals surface area (Å²) in [6.07, 6.45) is 7.31. The Bertz CT molecular complexity index is 788. The third-order valence-corrected chi connectivity index (χ3v) is 4.14. The molecule has 0 saturated carbocycles. The number of rotatable bonds is 6. The smallest absolute Gasteiger partial charge is 0.340 e. The van der Waals surface area contributed by atoms with E-state index in [-0.39, 0.29) is 11.3 Å². The van der Waals surface area contributed by atoms with E-state index in [2.05, 4.69) is 4.98 Å². The highest BCUT2D eigenvalue weighted by Gasteiger charge is 2.21. The van der Waals surface area contributed by atoms with E-state index < -0.39 is 5.97 Å². The molecule has 0 spiro atoms. The third-order valence-electron chi connectivity index (χ3n) is 3.40. The number of ether oxygens (including phenoxy) is 1. The number of carboxylic acids is 1. The minimum Gasteiger partial charge on any atom is -0.507 e. The molecule has 126 valence electrons. The lowest BCUT2D eigenvalue weighted by atomic mass is 9.98. The van der Waals surface area contributed by atoms with Gasteiger partial charge in [-0.25, -0.2) is 9.78 Å². The molecule has 0 aliphatic carbocycles. The van der Waals surface area contributed by atoms with Crippen LogP contribution in [0.5, 0.6) is 11.5 Å². The largest absolute Gasteiger partial charge is 0.507 e. The quantitative estimate of drug-likeness (QED) is 0.766. The van der Waals surface area contributed by atoms with Crippen LogP contribution in [0.4, 0.5) is 0 Å². The molecule has 0 aliphatic rings. The van der Waals surface area contributed by atoms with Gasteiger partial charge in [0.25, 0.3) is 0 Å². The fraction of sp³-hybridized carbons (Fsp3) is 0.222. The van der Waals surface area contributed by atoms with Gasteiger partial charge in [-0.05, 0) is 38.0 Å². The highest BCUT2D eigenvalue weighted by atomic mass is 32.1. The Morgan fingerprint density at radius 3 is 2.67 bits per heavy atom. The van der Waals surface area contributed by atoms with E-state index in [0.717, 1.165) is 10.6 Å². The Morgan fingerprint density at radius 1 is 1.38 bits per heavy atom. The number of aromatic hydroxyl groups is 1.